The van der Waals surface area contributed by atoms with Crippen LogP contribution in [0.2, 0.25) is 10.0 Å². The molecule has 5 nitrogen and oxygen atoms in total. The molecule has 0 aliphatic rings. The number of carboxylic acid groups (broad SMARTS) is 1. The second kappa shape index (κ2) is 9.79. The van der Waals surface area contributed by atoms with Gasteiger partial charge < -0.3 is 10.4 Å². The Hall–Kier alpha value is -3.48. The highest BCUT2D eigenvalue weighted by molar-refractivity contribution is 6.42. The Balaban J connectivity index is 1.89. The fraction of sp³-hybridized carbons (Fsp3) is 0.115. The second-order valence-electron chi connectivity index (χ2n) is 7.71. The zero-order valence-corrected chi connectivity index (χ0v) is 19.8. The molecule has 0 saturated heterocycles. The lowest BCUT2D eigenvalue weighted by molar-refractivity contribution is -0.137. The van der Waals surface area contributed by atoms with E-state index in [1.165, 1.54) is 19.1 Å². The summed E-state index contributed by atoms with van der Waals surface area (Å²) in [4.78, 5) is 20.5. The van der Waals surface area contributed by atoms with Crippen LogP contribution >= 0.6 is 23.2 Å². The molecule has 1 heterocycles. The number of nitrogens with zero attached hydrogens (tertiary/aromatic N) is 2. The molecule has 8 heteroatoms. The first-order chi connectivity index (χ1) is 16.3. The number of aromatic nitrogens is 1. The van der Waals surface area contributed by atoms with Gasteiger partial charge in [-0.1, -0.05) is 53.5 Å². The van der Waals surface area contributed by atoms with E-state index in [1.807, 2.05) is 30.3 Å². The number of rotatable bonds is 6. The van der Waals surface area contributed by atoms with Crippen LogP contribution < -0.4 is 5.32 Å². The minimum atomic E-state index is -1.03. The van der Waals surface area contributed by atoms with Gasteiger partial charge >= 0.3 is 5.97 Å². The van der Waals surface area contributed by atoms with Crippen LogP contribution in [0.4, 0.5) is 10.1 Å². The van der Waals surface area contributed by atoms with Gasteiger partial charge in [0.05, 0.1) is 26.9 Å². The van der Waals surface area contributed by atoms with E-state index in [0.717, 1.165) is 16.7 Å². The molecule has 0 aliphatic heterocycles. The SMILES string of the molecule is CN=Cc1c(-c2ccc(-c3ccc(Cl)c(Cl)c3)cc2)nc2ccc(F)cc2c1NC(C)C(=O)O. The Morgan fingerprint density at radius 3 is 2.35 bits per heavy atom. The number of hydrogen-bond donors (Lipinski definition) is 2. The van der Waals surface area contributed by atoms with Gasteiger partial charge in [-0.15, -0.1) is 0 Å². The maximum Gasteiger partial charge on any atom is 0.325 e. The molecule has 1 unspecified atom stereocenters. The van der Waals surface area contributed by atoms with E-state index in [2.05, 4.69) is 10.3 Å². The molecular weight excluding hydrogens is 476 g/mol. The number of carboxylic acids is 1. The molecule has 3 aromatic carbocycles. The maximum absolute atomic E-state index is 14.1. The summed E-state index contributed by atoms with van der Waals surface area (Å²) in [5.74, 6) is -1.48. The second-order valence-corrected chi connectivity index (χ2v) is 8.52. The fourth-order valence-electron chi connectivity index (χ4n) is 3.65. The molecular formula is C26H20Cl2FN3O2. The van der Waals surface area contributed by atoms with Crippen molar-refractivity contribution >= 4 is 52.0 Å². The normalized spacial score (nSPS) is 12.3. The van der Waals surface area contributed by atoms with E-state index in [1.54, 1.807) is 31.5 Å². The number of anilines is 1. The molecule has 0 spiro atoms. The topological polar surface area (TPSA) is 74.6 Å². The first-order valence-electron chi connectivity index (χ1n) is 10.4. The number of benzene rings is 3. The highest BCUT2D eigenvalue weighted by Gasteiger charge is 2.20. The molecule has 0 fully saturated rings. The number of fused-ring (bicyclic) bond motifs is 1. The molecule has 34 heavy (non-hydrogen) atoms. The van der Waals surface area contributed by atoms with Crippen molar-refractivity contribution in [2.45, 2.75) is 13.0 Å². The first-order valence-corrected chi connectivity index (χ1v) is 11.1. The van der Waals surface area contributed by atoms with Crippen molar-refractivity contribution in [1.82, 2.24) is 4.98 Å². The highest BCUT2D eigenvalue weighted by atomic mass is 35.5. The molecule has 4 rings (SSSR count). The van der Waals surface area contributed by atoms with Gasteiger partial charge in [-0.25, -0.2) is 9.37 Å². The Labute approximate surface area is 205 Å². The summed E-state index contributed by atoms with van der Waals surface area (Å²) < 4.78 is 14.1. The third-order valence-corrected chi connectivity index (χ3v) is 6.12. The molecule has 172 valence electrons. The molecule has 1 atom stereocenters. The summed E-state index contributed by atoms with van der Waals surface area (Å²) in [6.07, 6.45) is 1.59. The predicted octanol–water partition coefficient (Wildman–Crippen LogP) is 6.95. The lowest BCUT2D eigenvalue weighted by atomic mass is 9.98. The molecule has 0 bridgehead atoms. The Bertz CT molecular complexity index is 1420. The van der Waals surface area contributed by atoms with E-state index < -0.39 is 17.8 Å². The molecule has 0 aliphatic carbocycles. The summed E-state index contributed by atoms with van der Waals surface area (Å²) >= 11 is 12.2. The molecule has 1 aromatic heterocycles. The minimum absolute atomic E-state index is 0.446. The third-order valence-electron chi connectivity index (χ3n) is 5.39. The van der Waals surface area contributed by atoms with Gasteiger partial charge in [0.15, 0.2) is 0 Å². The van der Waals surface area contributed by atoms with Crippen LogP contribution in [0, 0.1) is 5.82 Å². The smallest absolute Gasteiger partial charge is 0.325 e. The van der Waals surface area contributed by atoms with E-state index in [0.29, 0.717) is 37.9 Å². The number of carbonyl (C=O) groups is 1. The number of halogens is 3. The van der Waals surface area contributed by atoms with Gasteiger partial charge in [-0.3, -0.25) is 9.79 Å². The van der Waals surface area contributed by atoms with Crippen LogP contribution in [-0.4, -0.2) is 35.4 Å². The number of pyridine rings is 1. The number of nitrogens with one attached hydrogen (secondary N) is 1. The monoisotopic (exact) mass is 495 g/mol. The summed E-state index contributed by atoms with van der Waals surface area (Å²) in [5.41, 5.74) is 4.77. The maximum atomic E-state index is 14.1. The first kappa shape index (κ1) is 23.7. The predicted molar refractivity (Wildman–Crippen MR) is 137 cm³/mol. The Morgan fingerprint density at radius 2 is 1.71 bits per heavy atom. The zero-order chi connectivity index (χ0) is 24.4. The van der Waals surface area contributed by atoms with E-state index in [-0.39, 0.29) is 0 Å². The van der Waals surface area contributed by atoms with Crippen molar-refractivity contribution in [2.24, 2.45) is 4.99 Å². The van der Waals surface area contributed by atoms with E-state index >= 15 is 0 Å². The van der Waals surface area contributed by atoms with Crippen LogP contribution in [0.1, 0.15) is 12.5 Å². The van der Waals surface area contributed by atoms with Crippen molar-refractivity contribution < 1.29 is 14.3 Å². The van der Waals surface area contributed by atoms with Gasteiger partial charge in [0.2, 0.25) is 0 Å². The minimum Gasteiger partial charge on any atom is -0.480 e. The largest absolute Gasteiger partial charge is 0.480 e. The Morgan fingerprint density at radius 1 is 1.03 bits per heavy atom. The van der Waals surface area contributed by atoms with Gasteiger partial charge in [0, 0.05) is 29.8 Å². The van der Waals surface area contributed by atoms with Crippen molar-refractivity contribution in [3.05, 3.63) is 82.1 Å². The number of aliphatic imine (C=N–C) groups is 1. The molecule has 4 aromatic rings. The van der Waals surface area contributed by atoms with Crippen molar-refractivity contribution in [3.8, 4) is 22.4 Å². The third kappa shape index (κ3) is 4.74. The quantitative estimate of drug-likeness (QED) is 0.284. The van der Waals surface area contributed by atoms with Crippen LogP contribution in [0.3, 0.4) is 0 Å². The zero-order valence-electron chi connectivity index (χ0n) is 18.3. The number of aliphatic carboxylic acids is 1. The van der Waals surface area contributed by atoms with Gasteiger partial charge in [0.1, 0.15) is 11.9 Å². The van der Waals surface area contributed by atoms with Crippen molar-refractivity contribution in [1.29, 1.82) is 0 Å². The fourth-order valence-corrected chi connectivity index (χ4v) is 3.95. The highest BCUT2D eigenvalue weighted by Crippen LogP contribution is 2.35. The number of hydrogen-bond acceptors (Lipinski definition) is 4. The lowest BCUT2D eigenvalue weighted by Gasteiger charge is -2.19. The van der Waals surface area contributed by atoms with Crippen molar-refractivity contribution in [2.75, 3.05) is 12.4 Å². The van der Waals surface area contributed by atoms with Crippen LogP contribution in [0.25, 0.3) is 33.3 Å². The standard InChI is InChI=1S/C26H20Cl2FN3O2/c1-14(26(33)34)31-25-19-12-18(29)8-10-23(19)32-24(20(25)13-30-2)16-5-3-15(4-6-16)17-7-9-21(27)22(28)11-17/h3-14H,1-2H3,(H,31,32)(H,33,34). The van der Waals surface area contributed by atoms with Crippen LogP contribution in [0.15, 0.2) is 65.7 Å². The Kier molecular flexibility index (Phi) is 6.82. The molecule has 0 amide bonds. The van der Waals surface area contributed by atoms with Crippen LogP contribution in [-0.2, 0) is 4.79 Å². The van der Waals surface area contributed by atoms with Gasteiger partial charge in [-0.2, -0.15) is 0 Å². The van der Waals surface area contributed by atoms with E-state index in [4.69, 9.17) is 28.2 Å². The lowest BCUT2D eigenvalue weighted by Crippen LogP contribution is -2.26. The van der Waals surface area contributed by atoms with Crippen molar-refractivity contribution in [3.63, 3.8) is 0 Å². The average molecular weight is 496 g/mol. The van der Waals surface area contributed by atoms with Crippen LogP contribution in [0.5, 0.6) is 0 Å². The van der Waals surface area contributed by atoms with E-state index in [9.17, 15) is 14.3 Å². The summed E-state index contributed by atoms with van der Waals surface area (Å²) in [6.45, 7) is 1.52. The molecule has 0 radical (unpaired) electrons. The van der Waals surface area contributed by atoms with Gasteiger partial charge in [0.25, 0.3) is 0 Å². The summed E-state index contributed by atoms with van der Waals surface area (Å²) in [7, 11) is 1.61. The van der Waals surface area contributed by atoms with Gasteiger partial charge in [-0.05, 0) is 48.4 Å². The molecule has 2 N–H and O–H groups in total. The average Bonchev–Trinajstić information content (AvgIpc) is 2.82. The molecule has 0 saturated carbocycles. The summed E-state index contributed by atoms with van der Waals surface area (Å²) in [6, 6.07) is 16.4. The summed E-state index contributed by atoms with van der Waals surface area (Å²) in [5, 5.41) is 13.9.